The monoisotopic (exact) mass is 376 g/mol. The molecule has 1 atom stereocenters. The fourth-order valence-electron chi connectivity index (χ4n) is 2.80. The van der Waals surface area contributed by atoms with E-state index in [1.165, 1.54) is 16.9 Å². The maximum atomic E-state index is 12.5. The summed E-state index contributed by atoms with van der Waals surface area (Å²) in [6.07, 6.45) is 0. The van der Waals surface area contributed by atoms with E-state index in [9.17, 15) is 10.1 Å². The van der Waals surface area contributed by atoms with Gasteiger partial charge in [0.05, 0.1) is 11.8 Å². The molecule has 0 bridgehead atoms. The van der Waals surface area contributed by atoms with E-state index in [1.54, 1.807) is 0 Å². The molecule has 0 radical (unpaired) electrons. The Hall–Kier alpha value is -2.97. The summed E-state index contributed by atoms with van der Waals surface area (Å²) in [5.74, 6) is -0.571. The van der Waals surface area contributed by atoms with Gasteiger partial charge in [-0.1, -0.05) is 35.9 Å². The molecule has 0 aliphatic carbocycles. The van der Waals surface area contributed by atoms with E-state index in [4.69, 9.17) is 4.74 Å². The summed E-state index contributed by atoms with van der Waals surface area (Å²) in [6, 6.07) is 15.9. The first-order chi connectivity index (χ1) is 13.0. The Bertz CT molecular complexity index is 980. The molecule has 0 aliphatic rings. The van der Waals surface area contributed by atoms with Crippen LogP contribution in [-0.2, 0) is 4.79 Å². The van der Waals surface area contributed by atoms with Gasteiger partial charge in [0.2, 0.25) is 0 Å². The number of thiazole rings is 1. The molecule has 3 rings (SSSR count). The molecule has 136 valence electrons. The van der Waals surface area contributed by atoms with Crippen LogP contribution in [0.2, 0.25) is 0 Å². The molecule has 0 aliphatic heterocycles. The van der Waals surface area contributed by atoms with E-state index in [2.05, 4.69) is 11.1 Å². The van der Waals surface area contributed by atoms with E-state index < -0.39 is 5.92 Å². The zero-order chi connectivity index (χ0) is 19.4. The van der Waals surface area contributed by atoms with E-state index in [0.29, 0.717) is 10.8 Å². The van der Waals surface area contributed by atoms with Crippen LogP contribution in [0.3, 0.4) is 0 Å². The maximum Gasteiger partial charge on any atom is 0.194 e. The van der Waals surface area contributed by atoms with Crippen LogP contribution in [0.1, 0.15) is 27.6 Å². The van der Waals surface area contributed by atoms with E-state index >= 15 is 0 Å². The summed E-state index contributed by atoms with van der Waals surface area (Å²) in [4.78, 5) is 17.0. The second kappa shape index (κ2) is 8.15. The number of benzene rings is 2. The lowest BCUT2D eigenvalue weighted by Crippen LogP contribution is -2.19. The number of aryl methyl sites for hydroxylation is 3. The van der Waals surface area contributed by atoms with Crippen LogP contribution in [-0.4, -0.2) is 17.4 Å². The van der Waals surface area contributed by atoms with Gasteiger partial charge in [0.1, 0.15) is 17.4 Å². The van der Waals surface area contributed by atoms with Gasteiger partial charge in [-0.2, -0.15) is 5.26 Å². The summed E-state index contributed by atoms with van der Waals surface area (Å²) >= 11 is 1.33. The van der Waals surface area contributed by atoms with Crippen LogP contribution in [0, 0.1) is 32.1 Å². The Kier molecular flexibility index (Phi) is 5.68. The third kappa shape index (κ3) is 4.60. The Morgan fingerprint density at radius 1 is 1.11 bits per heavy atom. The number of aromatic nitrogens is 1. The third-order valence-electron chi connectivity index (χ3n) is 4.14. The summed E-state index contributed by atoms with van der Waals surface area (Å²) in [5.41, 5.74) is 5.05. The van der Waals surface area contributed by atoms with Gasteiger partial charge in [-0.3, -0.25) is 4.79 Å². The van der Waals surface area contributed by atoms with E-state index in [1.807, 2.05) is 68.6 Å². The molecule has 0 saturated heterocycles. The second-order valence-electron chi connectivity index (χ2n) is 6.58. The van der Waals surface area contributed by atoms with Crippen molar-refractivity contribution in [1.29, 1.82) is 5.26 Å². The quantitative estimate of drug-likeness (QED) is 0.608. The van der Waals surface area contributed by atoms with Crippen molar-refractivity contribution in [1.82, 2.24) is 4.98 Å². The molecule has 1 unspecified atom stereocenters. The highest BCUT2D eigenvalue weighted by Crippen LogP contribution is 2.27. The number of Topliss-reactive ketones (excluding diaryl/α,β-unsaturated/α-hetero) is 1. The second-order valence-corrected chi connectivity index (χ2v) is 7.47. The number of hydrogen-bond acceptors (Lipinski definition) is 5. The number of carbonyl (C=O) groups is 1. The molecule has 2 aromatic carbocycles. The van der Waals surface area contributed by atoms with Crippen LogP contribution in [0.25, 0.3) is 11.3 Å². The molecular weight excluding hydrogens is 356 g/mol. The first-order valence-corrected chi connectivity index (χ1v) is 9.50. The molecule has 27 heavy (non-hydrogen) atoms. The van der Waals surface area contributed by atoms with Gasteiger partial charge in [0, 0.05) is 10.9 Å². The molecule has 1 heterocycles. The molecule has 4 nitrogen and oxygen atoms in total. The minimum atomic E-state index is -0.917. The summed E-state index contributed by atoms with van der Waals surface area (Å²) < 4.78 is 5.61. The van der Waals surface area contributed by atoms with Gasteiger partial charge in [0.25, 0.3) is 0 Å². The highest BCUT2D eigenvalue weighted by molar-refractivity contribution is 7.10. The van der Waals surface area contributed by atoms with E-state index in [0.717, 1.165) is 22.4 Å². The standard InChI is InChI=1S/C22H20N2O2S/c1-14-4-6-17(7-5-14)20-13-27-22(24-20)19(11-23)21(25)12-26-18-9-15(2)8-16(3)10-18/h4-10,13,19H,12H2,1-3H3. The SMILES string of the molecule is Cc1ccc(-c2csc(C(C#N)C(=O)COc3cc(C)cc(C)c3)n2)cc1. The average Bonchev–Trinajstić information content (AvgIpc) is 3.10. The predicted octanol–water partition coefficient (Wildman–Crippen LogP) is 4.99. The van der Waals surface area contributed by atoms with Crippen molar-refractivity contribution in [3.05, 3.63) is 69.5 Å². The average molecular weight is 376 g/mol. The molecule has 0 saturated carbocycles. The number of rotatable bonds is 6. The molecule has 5 heteroatoms. The number of nitriles is 1. The predicted molar refractivity (Wildman–Crippen MR) is 107 cm³/mol. The molecule has 0 spiro atoms. The summed E-state index contributed by atoms with van der Waals surface area (Å²) in [6.45, 7) is 5.82. The first-order valence-electron chi connectivity index (χ1n) is 8.62. The van der Waals surface area contributed by atoms with Gasteiger partial charge in [-0.05, 0) is 44.0 Å². The van der Waals surface area contributed by atoms with Crippen LogP contribution >= 0.6 is 11.3 Å². The molecule has 1 aromatic heterocycles. The number of ketones is 1. The van der Waals surface area contributed by atoms with Crippen molar-refractivity contribution in [3.63, 3.8) is 0 Å². The van der Waals surface area contributed by atoms with Gasteiger partial charge >= 0.3 is 0 Å². The number of ether oxygens (including phenoxy) is 1. The van der Waals surface area contributed by atoms with Crippen LogP contribution in [0.4, 0.5) is 0 Å². The molecular formula is C22H20N2O2S. The van der Waals surface area contributed by atoms with Crippen molar-refractivity contribution < 1.29 is 9.53 Å². The highest BCUT2D eigenvalue weighted by Gasteiger charge is 2.24. The van der Waals surface area contributed by atoms with Crippen LogP contribution in [0.15, 0.2) is 47.8 Å². The summed E-state index contributed by atoms with van der Waals surface area (Å²) in [7, 11) is 0. The Morgan fingerprint density at radius 2 is 1.78 bits per heavy atom. The largest absolute Gasteiger partial charge is 0.486 e. The van der Waals surface area contributed by atoms with Crippen LogP contribution < -0.4 is 4.74 Å². The first kappa shape index (κ1) is 18.8. The zero-order valence-electron chi connectivity index (χ0n) is 15.5. The highest BCUT2D eigenvalue weighted by atomic mass is 32.1. The van der Waals surface area contributed by atoms with Crippen molar-refractivity contribution >= 4 is 17.1 Å². The molecule has 0 fully saturated rings. The van der Waals surface area contributed by atoms with Gasteiger partial charge in [0.15, 0.2) is 11.7 Å². The fourth-order valence-corrected chi connectivity index (χ4v) is 3.69. The lowest BCUT2D eigenvalue weighted by molar-refractivity contribution is -0.121. The normalized spacial score (nSPS) is 11.6. The maximum absolute atomic E-state index is 12.5. The van der Waals surface area contributed by atoms with Crippen molar-refractivity contribution in [2.45, 2.75) is 26.7 Å². The molecule has 0 amide bonds. The molecule has 3 aromatic rings. The van der Waals surface area contributed by atoms with E-state index in [-0.39, 0.29) is 12.4 Å². The lowest BCUT2D eigenvalue weighted by atomic mass is 10.1. The lowest BCUT2D eigenvalue weighted by Gasteiger charge is -2.09. The minimum Gasteiger partial charge on any atom is -0.486 e. The van der Waals surface area contributed by atoms with Crippen molar-refractivity contribution in [2.24, 2.45) is 0 Å². The Labute approximate surface area is 163 Å². The summed E-state index contributed by atoms with van der Waals surface area (Å²) in [5, 5.41) is 11.9. The fraction of sp³-hybridized carbons (Fsp3) is 0.227. The molecule has 0 N–H and O–H groups in total. The topological polar surface area (TPSA) is 63.0 Å². The third-order valence-corrected chi connectivity index (χ3v) is 5.05. The van der Waals surface area contributed by atoms with Gasteiger partial charge in [-0.15, -0.1) is 11.3 Å². The zero-order valence-corrected chi connectivity index (χ0v) is 16.3. The number of carbonyl (C=O) groups excluding carboxylic acids is 1. The smallest absolute Gasteiger partial charge is 0.194 e. The Balaban J connectivity index is 1.72. The minimum absolute atomic E-state index is 0.152. The van der Waals surface area contributed by atoms with Gasteiger partial charge < -0.3 is 4.74 Å². The number of nitrogens with zero attached hydrogens (tertiary/aromatic N) is 2. The van der Waals surface area contributed by atoms with Gasteiger partial charge in [-0.25, -0.2) is 4.98 Å². The number of hydrogen-bond donors (Lipinski definition) is 0. The van der Waals surface area contributed by atoms with Crippen molar-refractivity contribution in [3.8, 4) is 23.1 Å². The Morgan fingerprint density at radius 3 is 2.41 bits per heavy atom. The van der Waals surface area contributed by atoms with Crippen LogP contribution in [0.5, 0.6) is 5.75 Å². The van der Waals surface area contributed by atoms with Crippen molar-refractivity contribution in [2.75, 3.05) is 6.61 Å².